The van der Waals surface area contributed by atoms with Crippen molar-refractivity contribution in [2.24, 2.45) is 4.99 Å². The Morgan fingerprint density at radius 1 is 1.12 bits per heavy atom. The summed E-state index contributed by atoms with van der Waals surface area (Å²) in [7, 11) is 0. The highest BCUT2D eigenvalue weighted by molar-refractivity contribution is 7.14. The van der Waals surface area contributed by atoms with Gasteiger partial charge in [0.15, 0.2) is 0 Å². The van der Waals surface area contributed by atoms with Gasteiger partial charge >= 0.3 is 0 Å². The highest BCUT2D eigenvalue weighted by Crippen LogP contribution is 2.24. The number of rotatable bonds is 2. The zero-order chi connectivity index (χ0) is 11.5. The number of nitrogens with zero attached hydrogens (tertiary/aromatic N) is 1. The Balaban J connectivity index is 1.81. The number of nitrogens with one attached hydrogen (secondary N) is 1. The average molecular weight is 240 g/mol. The molecule has 1 N–H and O–H groups in total. The first-order chi connectivity index (χ1) is 8.42. The van der Waals surface area contributed by atoms with Crippen LogP contribution in [0.2, 0.25) is 0 Å². The van der Waals surface area contributed by atoms with E-state index in [4.69, 9.17) is 0 Å². The van der Waals surface area contributed by atoms with Crippen molar-refractivity contribution in [2.45, 2.75) is 6.42 Å². The van der Waals surface area contributed by atoms with E-state index in [0.717, 1.165) is 22.7 Å². The minimum Gasteiger partial charge on any atom is -0.351 e. The minimum atomic E-state index is 0.860. The third-order valence-corrected chi connectivity index (χ3v) is 3.52. The quantitative estimate of drug-likeness (QED) is 0.850. The first-order valence-electron chi connectivity index (χ1n) is 5.53. The van der Waals surface area contributed by atoms with Crippen LogP contribution in [-0.4, -0.2) is 6.21 Å². The van der Waals surface area contributed by atoms with E-state index in [1.807, 2.05) is 18.5 Å². The summed E-state index contributed by atoms with van der Waals surface area (Å²) in [5.41, 5.74) is 3.50. The van der Waals surface area contributed by atoms with E-state index in [1.165, 1.54) is 5.56 Å². The molecule has 84 valence electrons. The monoisotopic (exact) mass is 240 g/mol. The lowest BCUT2D eigenvalue weighted by molar-refractivity contribution is 1.11. The molecule has 3 heteroatoms. The Morgan fingerprint density at radius 2 is 2.00 bits per heavy atom. The van der Waals surface area contributed by atoms with Crippen molar-refractivity contribution in [1.29, 1.82) is 0 Å². The van der Waals surface area contributed by atoms with E-state index >= 15 is 0 Å². The standard InChI is InChI=1S/C14H12N2S/c1-2-4-11(5-3-1)8-13-10-16-14-12(9-15-13)6-7-17-14/h1-7,9-10,16H,8H2. The van der Waals surface area contributed by atoms with Crippen molar-refractivity contribution >= 4 is 22.6 Å². The van der Waals surface area contributed by atoms with Gasteiger partial charge < -0.3 is 5.32 Å². The molecule has 1 aliphatic heterocycles. The van der Waals surface area contributed by atoms with E-state index in [9.17, 15) is 0 Å². The van der Waals surface area contributed by atoms with Gasteiger partial charge in [-0.15, -0.1) is 11.3 Å². The molecule has 2 aromatic rings. The first kappa shape index (κ1) is 10.3. The summed E-state index contributed by atoms with van der Waals surface area (Å²) in [6.07, 6.45) is 4.78. The van der Waals surface area contributed by atoms with Gasteiger partial charge in [0.25, 0.3) is 0 Å². The molecular weight excluding hydrogens is 228 g/mol. The highest BCUT2D eigenvalue weighted by Gasteiger charge is 2.05. The number of aliphatic imine (C=N–C) groups is 1. The predicted octanol–water partition coefficient (Wildman–Crippen LogP) is 3.68. The summed E-state index contributed by atoms with van der Waals surface area (Å²) in [5, 5.41) is 6.54. The average Bonchev–Trinajstić information content (AvgIpc) is 2.74. The van der Waals surface area contributed by atoms with Crippen LogP contribution in [0.3, 0.4) is 0 Å². The number of hydrogen-bond donors (Lipinski definition) is 1. The molecule has 0 fully saturated rings. The maximum absolute atomic E-state index is 4.51. The van der Waals surface area contributed by atoms with Crippen LogP contribution in [-0.2, 0) is 6.42 Å². The van der Waals surface area contributed by atoms with Gasteiger partial charge in [-0.1, -0.05) is 30.3 Å². The molecule has 1 aliphatic rings. The molecule has 0 aliphatic carbocycles. The van der Waals surface area contributed by atoms with Crippen LogP contribution in [0.4, 0.5) is 5.00 Å². The minimum absolute atomic E-state index is 0.860. The van der Waals surface area contributed by atoms with Crippen LogP contribution in [0.5, 0.6) is 0 Å². The van der Waals surface area contributed by atoms with Crippen molar-refractivity contribution in [3.8, 4) is 0 Å². The van der Waals surface area contributed by atoms with Crippen molar-refractivity contribution < 1.29 is 0 Å². The second kappa shape index (κ2) is 4.55. The Kier molecular flexibility index (Phi) is 2.76. The van der Waals surface area contributed by atoms with E-state index in [0.29, 0.717) is 0 Å². The number of hydrogen-bond acceptors (Lipinski definition) is 3. The van der Waals surface area contributed by atoms with Crippen LogP contribution in [0, 0.1) is 0 Å². The largest absolute Gasteiger partial charge is 0.351 e. The van der Waals surface area contributed by atoms with E-state index in [-0.39, 0.29) is 0 Å². The van der Waals surface area contributed by atoms with Crippen LogP contribution in [0.1, 0.15) is 11.1 Å². The Bertz CT molecular complexity index is 567. The lowest BCUT2D eigenvalue weighted by Crippen LogP contribution is -1.91. The van der Waals surface area contributed by atoms with Crippen molar-refractivity contribution in [3.63, 3.8) is 0 Å². The molecule has 0 spiro atoms. The lowest BCUT2D eigenvalue weighted by Gasteiger charge is -2.01. The van der Waals surface area contributed by atoms with Crippen LogP contribution in [0.25, 0.3) is 0 Å². The van der Waals surface area contributed by atoms with Crippen molar-refractivity contribution in [1.82, 2.24) is 0 Å². The van der Waals surface area contributed by atoms with Gasteiger partial charge in [0, 0.05) is 24.4 Å². The van der Waals surface area contributed by atoms with Crippen LogP contribution < -0.4 is 5.32 Å². The summed E-state index contributed by atoms with van der Waals surface area (Å²) in [6.45, 7) is 0. The number of allylic oxidation sites excluding steroid dienone is 1. The third kappa shape index (κ3) is 2.29. The smallest absolute Gasteiger partial charge is 0.101 e. The molecule has 2 nitrogen and oxygen atoms in total. The molecule has 0 atom stereocenters. The van der Waals surface area contributed by atoms with E-state index in [1.54, 1.807) is 11.3 Å². The molecule has 0 unspecified atom stereocenters. The second-order valence-electron chi connectivity index (χ2n) is 3.91. The summed E-state index contributed by atoms with van der Waals surface area (Å²) in [5.74, 6) is 0. The number of thiophene rings is 1. The zero-order valence-corrected chi connectivity index (χ0v) is 10.1. The van der Waals surface area contributed by atoms with Crippen molar-refractivity contribution in [3.05, 3.63) is 64.8 Å². The summed E-state index contributed by atoms with van der Waals surface area (Å²) < 4.78 is 0. The molecule has 0 saturated carbocycles. The Hall–Kier alpha value is -1.87. The number of fused-ring (bicyclic) bond motifs is 1. The van der Waals surface area contributed by atoms with Crippen LogP contribution in [0.15, 0.2) is 58.7 Å². The fourth-order valence-corrected chi connectivity index (χ4v) is 2.51. The molecule has 1 aromatic heterocycles. The lowest BCUT2D eigenvalue weighted by atomic mass is 10.1. The Labute approximate surface area is 104 Å². The third-order valence-electron chi connectivity index (χ3n) is 2.66. The summed E-state index contributed by atoms with van der Waals surface area (Å²) >= 11 is 1.70. The molecular formula is C14H12N2S. The topological polar surface area (TPSA) is 24.4 Å². The summed E-state index contributed by atoms with van der Waals surface area (Å²) in [4.78, 5) is 4.51. The number of benzene rings is 1. The normalized spacial score (nSPS) is 13.5. The molecule has 17 heavy (non-hydrogen) atoms. The predicted molar refractivity (Wildman–Crippen MR) is 73.8 cm³/mol. The molecule has 1 aromatic carbocycles. The van der Waals surface area contributed by atoms with E-state index in [2.05, 4.69) is 46.0 Å². The van der Waals surface area contributed by atoms with Gasteiger partial charge in [-0.2, -0.15) is 0 Å². The zero-order valence-electron chi connectivity index (χ0n) is 9.26. The first-order valence-corrected chi connectivity index (χ1v) is 6.41. The molecule has 0 amide bonds. The molecule has 3 rings (SSSR count). The molecule has 0 saturated heterocycles. The fraction of sp³-hybridized carbons (Fsp3) is 0.0714. The van der Waals surface area contributed by atoms with Gasteiger partial charge in [-0.25, -0.2) is 0 Å². The molecule has 0 bridgehead atoms. The Morgan fingerprint density at radius 3 is 2.88 bits per heavy atom. The maximum atomic E-state index is 4.51. The van der Waals surface area contributed by atoms with E-state index < -0.39 is 0 Å². The van der Waals surface area contributed by atoms with Gasteiger partial charge in [-0.05, 0) is 17.0 Å². The summed E-state index contributed by atoms with van der Waals surface area (Å²) in [6, 6.07) is 12.5. The highest BCUT2D eigenvalue weighted by atomic mass is 32.1. The van der Waals surface area contributed by atoms with Gasteiger partial charge in [0.1, 0.15) is 5.00 Å². The van der Waals surface area contributed by atoms with Crippen molar-refractivity contribution in [2.75, 3.05) is 5.32 Å². The van der Waals surface area contributed by atoms with Gasteiger partial charge in [0.2, 0.25) is 0 Å². The fourth-order valence-electron chi connectivity index (χ4n) is 1.78. The SMILES string of the molecule is C1=NC(Cc2ccccc2)=CNc2sccc21. The van der Waals surface area contributed by atoms with Gasteiger partial charge in [0.05, 0.1) is 5.70 Å². The second-order valence-corrected chi connectivity index (χ2v) is 4.82. The van der Waals surface area contributed by atoms with Gasteiger partial charge in [-0.3, -0.25) is 4.99 Å². The van der Waals surface area contributed by atoms with Crippen LogP contribution >= 0.6 is 11.3 Å². The number of anilines is 1. The molecule has 0 radical (unpaired) electrons. The molecule has 2 heterocycles. The maximum Gasteiger partial charge on any atom is 0.101 e.